The van der Waals surface area contributed by atoms with Crippen LogP contribution in [0.1, 0.15) is 31.4 Å². The molecule has 1 aromatic carbocycles. The predicted molar refractivity (Wildman–Crippen MR) is 77.4 cm³/mol. The van der Waals surface area contributed by atoms with Crippen molar-refractivity contribution in [1.29, 1.82) is 0 Å². The van der Waals surface area contributed by atoms with Crippen LogP contribution in [-0.2, 0) is 0 Å². The van der Waals surface area contributed by atoms with Crippen LogP contribution in [0.4, 0.5) is 13.2 Å². The van der Waals surface area contributed by atoms with Crippen LogP contribution in [0.25, 0.3) is 0 Å². The van der Waals surface area contributed by atoms with Gasteiger partial charge >= 0.3 is 6.18 Å². The lowest BCUT2D eigenvalue weighted by atomic mass is 10.0. The van der Waals surface area contributed by atoms with Gasteiger partial charge in [-0.25, -0.2) is 0 Å². The SMILES string of the molecule is CCCNC(CC(F)(F)F)c1cc(Cl)cc(Br)c1OC. The highest BCUT2D eigenvalue weighted by molar-refractivity contribution is 9.10. The molecule has 0 aliphatic carbocycles. The van der Waals surface area contributed by atoms with E-state index in [4.69, 9.17) is 16.3 Å². The molecule has 1 aromatic rings. The lowest BCUT2D eigenvalue weighted by molar-refractivity contribution is -0.140. The van der Waals surface area contributed by atoms with Crippen molar-refractivity contribution in [3.05, 3.63) is 27.2 Å². The van der Waals surface area contributed by atoms with Crippen molar-refractivity contribution >= 4 is 27.5 Å². The topological polar surface area (TPSA) is 21.3 Å². The Morgan fingerprint density at radius 2 is 2.05 bits per heavy atom. The fourth-order valence-electron chi connectivity index (χ4n) is 1.90. The highest BCUT2D eigenvalue weighted by Gasteiger charge is 2.34. The van der Waals surface area contributed by atoms with Gasteiger partial charge in [0.15, 0.2) is 0 Å². The second-order valence-electron chi connectivity index (χ2n) is 4.34. The summed E-state index contributed by atoms with van der Waals surface area (Å²) in [6, 6.07) is 2.21. The summed E-state index contributed by atoms with van der Waals surface area (Å²) in [7, 11) is 1.42. The van der Waals surface area contributed by atoms with Crippen LogP contribution < -0.4 is 10.1 Å². The zero-order valence-corrected chi connectivity index (χ0v) is 13.5. The smallest absolute Gasteiger partial charge is 0.390 e. The first-order valence-corrected chi connectivity index (χ1v) is 7.28. The van der Waals surface area contributed by atoms with Gasteiger partial charge in [-0.3, -0.25) is 0 Å². The minimum absolute atomic E-state index is 0.359. The molecule has 0 amide bonds. The Hall–Kier alpha value is -0.460. The highest BCUT2D eigenvalue weighted by atomic mass is 79.9. The van der Waals surface area contributed by atoms with Gasteiger partial charge in [0.25, 0.3) is 0 Å². The summed E-state index contributed by atoms with van der Waals surface area (Å²) in [6.45, 7) is 2.37. The normalized spacial score (nSPS) is 13.3. The molecule has 0 spiro atoms. The second kappa shape index (κ2) is 7.52. The molecular formula is C13H16BrClF3NO. The molecule has 1 atom stereocenters. The van der Waals surface area contributed by atoms with Crippen LogP contribution in [-0.4, -0.2) is 19.8 Å². The van der Waals surface area contributed by atoms with E-state index in [1.807, 2.05) is 6.92 Å². The van der Waals surface area contributed by atoms with E-state index in [-0.39, 0.29) is 0 Å². The molecular weight excluding hydrogens is 359 g/mol. The van der Waals surface area contributed by atoms with E-state index in [0.29, 0.717) is 27.4 Å². The van der Waals surface area contributed by atoms with Crippen LogP contribution in [0.3, 0.4) is 0 Å². The number of benzene rings is 1. The maximum Gasteiger partial charge on any atom is 0.390 e. The van der Waals surface area contributed by atoms with E-state index in [9.17, 15) is 13.2 Å². The first-order chi connectivity index (χ1) is 9.28. The Bertz CT molecular complexity index is 454. The molecule has 7 heteroatoms. The van der Waals surface area contributed by atoms with Crippen molar-refractivity contribution in [2.45, 2.75) is 32.0 Å². The summed E-state index contributed by atoms with van der Waals surface area (Å²) >= 11 is 9.19. The van der Waals surface area contributed by atoms with E-state index in [1.165, 1.54) is 13.2 Å². The Kier molecular flexibility index (Phi) is 6.61. The van der Waals surface area contributed by atoms with Crippen LogP contribution in [0.15, 0.2) is 16.6 Å². The Labute approximate surface area is 129 Å². The van der Waals surface area contributed by atoms with Gasteiger partial charge in [0, 0.05) is 16.6 Å². The van der Waals surface area contributed by atoms with Crippen LogP contribution in [0.2, 0.25) is 5.02 Å². The van der Waals surface area contributed by atoms with Gasteiger partial charge in [-0.15, -0.1) is 0 Å². The average Bonchev–Trinajstić information content (AvgIpc) is 2.32. The molecule has 0 aromatic heterocycles. The molecule has 1 N–H and O–H groups in total. The minimum atomic E-state index is -4.27. The van der Waals surface area contributed by atoms with Gasteiger partial charge in [-0.05, 0) is 41.0 Å². The van der Waals surface area contributed by atoms with E-state index in [2.05, 4.69) is 21.2 Å². The molecule has 1 rings (SSSR count). The number of ether oxygens (including phenoxy) is 1. The molecule has 0 saturated heterocycles. The molecule has 20 heavy (non-hydrogen) atoms. The van der Waals surface area contributed by atoms with E-state index in [1.54, 1.807) is 6.07 Å². The fraction of sp³-hybridized carbons (Fsp3) is 0.538. The van der Waals surface area contributed by atoms with Gasteiger partial charge in [0.05, 0.1) is 18.0 Å². The molecule has 0 saturated carbocycles. The first-order valence-electron chi connectivity index (χ1n) is 6.11. The monoisotopic (exact) mass is 373 g/mol. The number of rotatable bonds is 6. The number of halogens is 5. The van der Waals surface area contributed by atoms with Gasteiger partial charge in [0.2, 0.25) is 0 Å². The molecule has 0 fully saturated rings. The third-order valence-corrected chi connectivity index (χ3v) is 3.50. The van der Waals surface area contributed by atoms with Crippen molar-refractivity contribution in [3.8, 4) is 5.75 Å². The third-order valence-electron chi connectivity index (χ3n) is 2.69. The quantitative estimate of drug-likeness (QED) is 0.747. The molecule has 1 unspecified atom stereocenters. The summed E-state index contributed by atoms with van der Waals surface area (Å²) in [5.41, 5.74) is 0.401. The number of hydrogen-bond donors (Lipinski definition) is 1. The molecule has 0 aliphatic heterocycles. The summed E-state index contributed by atoms with van der Waals surface area (Å²) in [5, 5.41) is 3.25. The third kappa shape index (κ3) is 5.14. The zero-order chi connectivity index (χ0) is 15.3. The lowest BCUT2D eigenvalue weighted by Crippen LogP contribution is -2.27. The van der Waals surface area contributed by atoms with Crippen molar-refractivity contribution in [2.75, 3.05) is 13.7 Å². The zero-order valence-electron chi connectivity index (χ0n) is 11.2. The summed E-state index contributed by atoms with van der Waals surface area (Å²) in [6.07, 6.45) is -4.51. The molecule has 0 aliphatic rings. The standard InChI is InChI=1S/C13H16BrClF3NO/c1-3-4-19-11(7-13(16,17)18)9-5-8(15)6-10(14)12(9)20-2/h5-6,11,19H,3-4,7H2,1-2H3. The van der Waals surface area contributed by atoms with Gasteiger partial charge < -0.3 is 10.1 Å². The molecule has 2 nitrogen and oxygen atoms in total. The maximum absolute atomic E-state index is 12.7. The molecule has 0 heterocycles. The number of methoxy groups -OCH3 is 1. The number of hydrogen-bond acceptors (Lipinski definition) is 2. The largest absolute Gasteiger partial charge is 0.495 e. The van der Waals surface area contributed by atoms with Gasteiger partial charge in [-0.1, -0.05) is 18.5 Å². The molecule has 0 radical (unpaired) electrons. The van der Waals surface area contributed by atoms with Crippen molar-refractivity contribution in [3.63, 3.8) is 0 Å². The Morgan fingerprint density at radius 1 is 1.40 bits per heavy atom. The number of alkyl halides is 3. The van der Waals surface area contributed by atoms with Crippen LogP contribution in [0.5, 0.6) is 5.75 Å². The number of nitrogens with one attached hydrogen (secondary N) is 1. The van der Waals surface area contributed by atoms with Crippen molar-refractivity contribution in [1.82, 2.24) is 5.32 Å². The van der Waals surface area contributed by atoms with Crippen LogP contribution in [0, 0.1) is 0 Å². The summed E-state index contributed by atoms with van der Waals surface area (Å²) in [5.74, 6) is 0.368. The second-order valence-corrected chi connectivity index (χ2v) is 5.63. The fourth-order valence-corrected chi connectivity index (χ4v) is 2.89. The highest BCUT2D eigenvalue weighted by Crippen LogP contribution is 2.39. The first kappa shape index (κ1) is 17.6. The van der Waals surface area contributed by atoms with Crippen molar-refractivity contribution in [2.24, 2.45) is 0 Å². The summed E-state index contributed by atoms with van der Waals surface area (Å²) < 4.78 is 43.9. The minimum Gasteiger partial charge on any atom is -0.495 e. The van der Waals surface area contributed by atoms with Crippen molar-refractivity contribution < 1.29 is 17.9 Å². The van der Waals surface area contributed by atoms with Gasteiger partial charge in [0.1, 0.15) is 5.75 Å². The maximum atomic E-state index is 12.7. The average molecular weight is 375 g/mol. The van der Waals surface area contributed by atoms with E-state index >= 15 is 0 Å². The van der Waals surface area contributed by atoms with E-state index < -0.39 is 18.6 Å². The Balaban J connectivity index is 3.17. The van der Waals surface area contributed by atoms with E-state index in [0.717, 1.165) is 6.42 Å². The lowest BCUT2D eigenvalue weighted by Gasteiger charge is -2.23. The van der Waals surface area contributed by atoms with Crippen LogP contribution >= 0.6 is 27.5 Å². The van der Waals surface area contributed by atoms with Gasteiger partial charge in [-0.2, -0.15) is 13.2 Å². The Morgan fingerprint density at radius 3 is 2.55 bits per heavy atom. The molecule has 0 bridgehead atoms. The predicted octanol–water partition coefficient (Wildman–Crippen LogP) is 5.10. The summed E-state index contributed by atoms with van der Waals surface area (Å²) in [4.78, 5) is 0. The molecule has 114 valence electrons.